The number of sulfonamides is 1. The summed E-state index contributed by atoms with van der Waals surface area (Å²) in [6.45, 7) is 4.16. The molecular weight excluding hydrogens is 653 g/mol. The van der Waals surface area contributed by atoms with Gasteiger partial charge in [0.1, 0.15) is 5.78 Å². The molecule has 0 bridgehead atoms. The maximum absolute atomic E-state index is 13.7. The standard InChI is InChI=1S/C37H46N8O4S/c1-24-20-33(50(48,49)43-32-16-18-39-19-17-32)14-15-34(24)27-6-2-25(3-7-27)21-30(22-35(46)28-8-4-26(23-38)5-9-28)37(47)40-31-12-10-29(11-13-31)36-41-44-45-42-36/h2-3,6-7,10-15,20,26,28,30,32,39,43H,4-5,8-9,16-19,21-23,38H2,1H3,(H,40,47)(H,41,42,44,45)/t26?,28?,30-/m1/s1. The number of nitrogens with zero attached hydrogens (tertiary/aromatic N) is 3. The molecule has 4 aromatic rings. The first kappa shape index (κ1) is 35.5. The number of carbonyl (C=O) groups is 2. The Morgan fingerprint density at radius 3 is 2.26 bits per heavy atom. The lowest BCUT2D eigenvalue weighted by atomic mass is 9.77. The van der Waals surface area contributed by atoms with Crippen molar-refractivity contribution in [1.82, 2.24) is 30.7 Å². The molecule has 50 heavy (non-hydrogen) atoms. The number of tetrazole rings is 1. The Morgan fingerprint density at radius 2 is 1.62 bits per heavy atom. The van der Waals surface area contributed by atoms with E-state index in [-0.39, 0.29) is 35.0 Å². The monoisotopic (exact) mass is 698 g/mol. The maximum atomic E-state index is 13.7. The second-order valence-corrected chi connectivity index (χ2v) is 15.4. The van der Waals surface area contributed by atoms with Crippen LogP contribution < -0.4 is 21.1 Å². The Kier molecular flexibility index (Phi) is 11.5. The number of Topliss-reactive ketones (excluding diaryl/α,β-unsaturated/α-hetero) is 1. The van der Waals surface area contributed by atoms with Crippen molar-refractivity contribution in [2.75, 3.05) is 25.0 Å². The summed E-state index contributed by atoms with van der Waals surface area (Å²) in [6.07, 6.45) is 5.61. The second-order valence-electron chi connectivity index (χ2n) is 13.6. The number of aryl methyl sites for hydroxylation is 1. The van der Waals surface area contributed by atoms with Gasteiger partial charge in [-0.1, -0.05) is 30.3 Å². The fourth-order valence-corrected chi connectivity index (χ4v) is 8.47. The van der Waals surface area contributed by atoms with Gasteiger partial charge < -0.3 is 16.4 Å². The van der Waals surface area contributed by atoms with Crippen molar-refractivity contribution in [3.8, 4) is 22.5 Å². The van der Waals surface area contributed by atoms with E-state index >= 15 is 0 Å². The van der Waals surface area contributed by atoms with Gasteiger partial charge in [-0.25, -0.2) is 13.1 Å². The Hall–Kier alpha value is -4.30. The van der Waals surface area contributed by atoms with E-state index in [1.807, 2.05) is 49.4 Å². The molecule has 0 radical (unpaired) electrons. The van der Waals surface area contributed by atoms with Crippen LogP contribution in [0.3, 0.4) is 0 Å². The summed E-state index contributed by atoms with van der Waals surface area (Å²) < 4.78 is 29.0. The van der Waals surface area contributed by atoms with Gasteiger partial charge in [0.15, 0.2) is 0 Å². The van der Waals surface area contributed by atoms with Crippen LogP contribution in [-0.4, -0.2) is 66.4 Å². The number of rotatable bonds is 13. The summed E-state index contributed by atoms with van der Waals surface area (Å²) in [5, 5.41) is 20.3. The van der Waals surface area contributed by atoms with Crippen LogP contribution in [-0.2, 0) is 26.0 Å². The van der Waals surface area contributed by atoms with Crippen molar-refractivity contribution in [3.63, 3.8) is 0 Å². The summed E-state index contributed by atoms with van der Waals surface area (Å²) in [4.78, 5) is 27.5. The maximum Gasteiger partial charge on any atom is 0.240 e. The minimum atomic E-state index is -3.63. The highest BCUT2D eigenvalue weighted by atomic mass is 32.2. The topological polar surface area (TPSA) is 185 Å². The van der Waals surface area contributed by atoms with Crippen molar-refractivity contribution < 1.29 is 18.0 Å². The van der Waals surface area contributed by atoms with E-state index in [1.165, 1.54) is 0 Å². The molecular formula is C37H46N8O4S. The fourth-order valence-electron chi connectivity index (χ4n) is 7.08. The van der Waals surface area contributed by atoms with Crippen LogP contribution in [0.2, 0.25) is 0 Å². The lowest BCUT2D eigenvalue weighted by molar-refractivity contribution is -0.129. The third-order valence-electron chi connectivity index (χ3n) is 10.1. The number of H-pyrrole nitrogens is 1. The zero-order valence-corrected chi connectivity index (χ0v) is 29.2. The number of nitrogens with two attached hydrogens (primary N) is 1. The third kappa shape index (κ3) is 8.88. The molecule has 2 heterocycles. The minimum Gasteiger partial charge on any atom is -0.330 e. The number of aromatic nitrogens is 4. The van der Waals surface area contributed by atoms with Crippen molar-refractivity contribution in [2.45, 2.75) is 69.2 Å². The first-order chi connectivity index (χ1) is 24.2. The smallest absolute Gasteiger partial charge is 0.240 e. The quantitative estimate of drug-likeness (QED) is 0.135. The molecule has 1 aliphatic carbocycles. The molecule has 1 amide bonds. The van der Waals surface area contributed by atoms with E-state index in [0.29, 0.717) is 30.4 Å². The summed E-state index contributed by atoms with van der Waals surface area (Å²) in [7, 11) is -3.63. The van der Waals surface area contributed by atoms with Crippen LogP contribution in [0.1, 0.15) is 56.1 Å². The summed E-state index contributed by atoms with van der Waals surface area (Å²) >= 11 is 0. The molecule has 264 valence electrons. The highest BCUT2D eigenvalue weighted by molar-refractivity contribution is 7.89. The number of aromatic amines is 1. The number of anilines is 1. The number of piperidine rings is 1. The highest BCUT2D eigenvalue weighted by Gasteiger charge is 2.30. The van der Waals surface area contributed by atoms with E-state index in [0.717, 1.165) is 79.4 Å². The number of amides is 1. The van der Waals surface area contributed by atoms with Gasteiger partial charge in [-0.05, 0) is 141 Å². The SMILES string of the molecule is Cc1cc(S(=O)(=O)NC2CCNCC2)ccc1-c1ccc(C[C@H](CC(=O)C2CCC(CN)CC2)C(=O)Nc2ccc(-c3nn[nH]n3)cc2)cc1. The normalized spacial score (nSPS) is 19.2. The first-order valence-electron chi connectivity index (χ1n) is 17.5. The summed E-state index contributed by atoms with van der Waals surface area (Å²) in [5.41, 5.74) is 10.9. The first-order valence-corrected chi connectivity index (χ1v) is 19.0. The average Bonchev–Trinajstić information content (AvgIpc) is 3.68. The molecule has 1 saturated heterocycles. The number of ketones is 1. The van der Waals surface area contributed by atoms with Crippen LogP contribution in [0.5, 0.6) is 0 Å². The summed E-state index contributed by atoms with van der Waals surface area (Å²) in [5.74, 6) is 0.235. The van der Waals surface area contributed by atoms with Gasteiger partial charge in [0, 0.05) is 35.5 Å². The molecule has 1 atom stereocenters. The Morgan fingerprint density at radius 1 is 0.920 bits per heavy atom. The van der Waals surface area contributed by atoms with Gasteiger partial charge in [0.2, 0.25) is 21.8 Å². The van der Waals surface area contributed by atoms with Crippen LogP contribution in [0.15, 0.2) is 71.6 Å². The molecule has 2 fully saturated rings. The van der Waals surface area contributed by atoms with E-state index in [4.69, 9.17) is 5.73 Å². The van der Waals surface area contributed by atoms with Crippen molar-refractivity contribution in [2.24, 2.45) is 23.5 Å². The number of carbonyl (C=O) groups excluding carboxylic acids is 2. The predicted molar refractivity (Wildman–Crippen MR) is 192 cm³/mol. The minimum absolute atomic E-state index is 0.0469. The van der Waals surface area contributed by atoms with Gasteiger partial charge in [-0.2, -0.15) is 5.21 Å². The number of benzene rings is 3. The number of hydrogen-bond donors (Lipinski definition) is 5. The molecule has 3 aromatic carbocycles. The molecule has 1 saturated carbocycles. The Bertz CT molecular complexity index is 1850. The zero-order chi connectivity index (χ0) is 35.1. The van der Waals surface area contributed by atoms with E-state index in [2.05, 4.69) is 36.0 Å². The average molecular weight is 699 g/mol. The van der Waals surface area contributed by atoms with Gasteiger partial charge in [0.25, 0.3) is 0 Å². The van der Waals surface area contributed by atoms with E-state index in [1.54, 1.807) is 24.3 Å². The largest absolute Gasteiger partial charge is 0.330 e. The Labute approximate surface area is 293 Å². The van der Waals surface area contributed by atoms with Gasteiger partial charge in [-0.3, -0.25) is 9.59 Å². The van der Waals surface area contributed by atoms with Crippen LogP contribution >= 0.6 is 0 Å². The third-order valence-corrected chi connectivity index (χ3v) is 11.6. The molecule has 1 aliphatic heterocycles. The molecule has 13 heteroatoms. The molecule has 2 aliphatic rings. The van der Waals surface area contributed by atoms with E-state index < -0.39 is 15.9 Å². The Balaban J connectivity index is 1.15. The predicted octanol–water partition coefficient (Wildman–Crippen LogP) is 4.39. The van der Waals surface area contributed by atoms with Crippen LogP contribution in [0.25, 0.3) is 22.5 Å². The fraction of sp³-hybridized carbons (Fsp3) is 0.432. The highest BCUT2D eigenvalue weighted by Crippen LogP contribution is 2.32. The molecule has 0 spiro atoms. The molecule has 6 rings (SSSR count). The van der Waals surface area contributed by atoms with Gasteiger partial charge in [-0.15, -0.1) is 10.2 Å². The van der Waals surface area contributed by atoms with Gasteiger partial charge in [0.05, 0.1) is 4.90 Å². The van der Waals surface area contributed by atoms with Crippen LogP contribution in [0.4, 0.5) is 5.69 Å². The lowest BCUT2D eigenvalue weighted by Crippen LogP contribution is -2.42. The van der Waals surface area contributed by atoms with Gasteiger partial charge >= 0.3 is 0 Å². The van der Waals surface area contributed by atoms with Crippen molar-refractivity contribution in [3.05, 3.63) is 77.9 Å². The lowest BCUT2D eigenvalue weighted by Gasteiger charge is -2.27. The number of nitrogens with one attached hydrogen (secondary N) is 4. The van der Waals surface area contributed by atoms with Crippen LogP contribution in [0, 0.1) is 24.7 Å². The van der Waals surface area contributed by atoms with Crippen molar-refractivity contribution >= 4 is 27.4 Å². The van der Waals surface area contributed by atoms with E-state index in [9.17, 15) is 18.0 Å². The molecule has 6 N–H and O–H groups in total. The molecule has 12 nitrogen and oxygen atoms in total. The molecule has 0 unspecified atom stereocenters. The molecule has 1 aromatic heterocycles. The second kappa shape index (κ2) is 16.2. The zero-order valence-electron chi connectivity index (χ0n) is 28.4. The number of hydrogen-bond acceptors (Lipinski definition) is 9. The summed E-state index contributed by atoms with van der Waals surface area (Å²) in [6, 6.07) is 20.3. The van der Waals surface area contributed by atoms with Crippen molar-refractivity contribution in [1.29, 1.82) is 0 Å².